The fourth-order valence-corrected chi connectivity index (χ4v) is 1.13. The zero-order valence-corrected chi connectivity index (χ0v) is 8.84. The van der Waals surface area contributed by atoms with Crippen LogP contribution in [0, 0.1) is 0 Å². The summed E-state index contributed by atoms with van der Waals surface area (Å²) in [7, 11) is 0. The van der Waals surface area contributed by atoms with Crippen molar-refractivity contribution >= 4 is 17.6 Å². The summed E-state index contributed by atoms with van der Waals surface area (Å²) >= 11 is 0. The van der Waals surface area contributed by atoms with Gasteiger partial charge in [-0.05, 0) is 19.1 Å². The lowest BCUT2D eigenvalue weighted by atomic mass is 10.2. The maximum Gasteiger partial charge on any atom is 0.274 e. The van der Waals surface area contributed by atoms with Crippen molar-refractivity contribution in [2.75, 3.05) is 0 Å². The molecule has 0 heterocycles. The standard InChI is InChI=1S/C11H12N2O3/c1-8(14)7-10(15)13(12)11(16)9-5-3-2-4-6-9/h2-6H,7,12H2,1H3. The van der Waals surface area contributed by atoms with E-state index in [9.17, 15) is 14.4 Å². The van der Waals surface area contributed by atoms with E-state index < -0.39 is 11.8 Å². The summed E-state index contributed by atoms with van der Waals surface area (Å²) in [4.78, 5) is 33.7. The molecule has 1 aromatic rings. The van der Waals surface area contributed by atoms with Crippen LogP contribution < -0.4 is 5.84 Å². The summed E-state index contributed by atoms with van der Waals surface area (Å²) in [6, 6.07) is 8.16. The molecule has 5 nitrogen and oxygen atoms in total. The van der Waals surface area contributed by atoms with Crippen LogP contribution in [0.5, 0.6) is 0 Å². The van der Waals surface area contributed by atoms with Gasteiger partial charge in [-0.3, -0.25) is 14.4 Å². The van der Waals surface area contributed by atoms with Gasteiger partial charge in [0, 0.05) is 5.56 Å². The molecule has 0 atom stereocenters. The third-order valence-corrected chi connectivity index (χ3v) is 1.91. The van der Waals surface area contributed by atoms with Crippen LogP contribution in [0.25, 0.3) is 0 Å². The third kappa shape index (κ3) is 2.99. The van der Waals surface area contributed by atoms with Crippen LogP contribution in [0.1, 0.15) is 23.7 Å². The number of nitrogens with two attached hydrogens (primary N) is 1. The van der Waals surface area contributed by atoms with Gasteiger partial charge < -0.3 is 0 Å². The number of hydrogen-bond donors (Lipinski definition) is 1. The van der Waals surface area contributed by atoms with Crippen molar-refractivity contribution in [1.82, 2.24) is 5.01 Å². The number of hydrazine groups is 1. The number of rotatable bonds is 3. The molecule has 1 aromatic carbocycles. The van der Waals surface area contributed by atoms with Gasteiger partial charge in [0.25, 0.3) is 11.8 Å². The maximum absolute atomic E-state index is 11.6. The van der Waals surface area contributed by atoms with E-state index in [1.54, 1.807) is 30.3 Å². The topological polar surface area (TPSA) is 80.5 Å². The van der Waals surface area contributed by atoms with Crippen molar-refractivity contribution < 1.29 is 14.4 Å². The minimum atomic E-state index is -0.707. The molecule has 16 heavy (non-hydrogen) atoms. The Bertz CT molecular complexity index is 414. The SMILES string of the molecule is CC(=O)CC(=O)N(N)C(=O)c1ccccc1. The number of hydrogen-bond acceptors (Lipinski definition) is 4. The normalized spacial score (nSPS) is 9.62. The van der Waals surface area contributed by atoms with E-state index in [0.29, 0.717) is 10.6 Å². The Morgan fingerprint density at radius 3 is 2.25 bits per heavy atom. The monoisotopic (exact) mass is 220 g/mol. The molecule has 0 radical (unpaired) electrons. The van der Waals surface area contributed by atoms with Gasteiger partial charge in [-0.2, -0.15) is 0 Å². The highest BCUT2D eigenvalue weighted by Gasteiger charge is 2.20. The van der Waals surface area contributed by atoms with Crippen molar-refractivity contribution in [3.8, 4) is 0 Å². The summed E-state index contributed by atoms with van der Waals surface area (Å²) in [5, 5.41) is 0.469. The molecule has 2 N–H and O–H groups in total. The van der Waals surface area contributed by atoms with Crippen molar-refractivity contribution in [2.45, 2.75) is 13.3 Å². The van der Waals surface area contributed by atoms with Gasteiger partial charge in [0.1, 0.15) is 5.78 Å². The van der Waals surface area contributed by atoms with Crippen molar-refractivity contribution in [2.24, 2.45) is 5.84 Å². The van der Waals surface area contributed by atoms with Gasteiger partial charge in [0.05, 0.1) is 6.42 Å². The number of carbonyl (C=O) groups is 3. The summed E-state index contributed by atoms with van der Waals surface area (Å²) in [6.45, 7) is 1.26. The van der Waals surface area contributed by atoms with E-state index in [2.05, 4.69) is 0 Å². The summed E-state index contributed by atoms with van der Waals surface area (Å²) in [5.41, 5.74) is 0.307. The molecule has 1 rings (SSSR count). The average molecular weight is 220 g/mol. The molecular formula is C11H12N2O3. The molecule has 0 fully saturated rings. The number of Topliss-reactive ketones (excluding diaryl/α,β-unsaturated/α-hetero) is 1. The van der Waals surface area contributed by atoms with Gasteiger partial charge in [-0.15, -0.1) is 0 Å². The Labute approximate surface area is 92.8 Å². The lowest BCUT2D eigenvalue weighted by Gasteiger charge is -2.13. The first-order valence-electron chi connectivity index (χ1n) is 4.69. The maximum atomic E-state index is 11.6. The Kier molecular flexibility index (Phi) is 3.90. The van der Waals surface area contributed by atoms with Crippen LogP contribution in [-0.4, -0.2) is 22.6 Å². The van der Waals surface area contributed by atoms with Gasteiger partial charge >= 0.3 is 0 Å². The largest absolute Gasteiger partial charge is 0.299 e. The Balaban J connectivity index is 2.75. The second-order valence-corrected chi connectivity index (χ2v) is 3.31. The predicted molar refractivity (Wildman–Crippen MR) is 57.1 cm³/mol. The highest BCUT2D eigenvalue weighted by molar-refractivity contribution is 6.08. The number of carbonyl (C=O) groups excluding carboxylic acids is 3. The minimum Gasteiger partial charge on any atom is -0.299 e. The first kappa shape index (κ1) is 12.1. The first-order chi connectivity index (χ1) is 7.52. The lowest BCUT2D eigenvalue weighted by molar-refractivity contribution is -0.132. The lowest BCUT2D eigenvalue weighted by Crippen LogP contribution is -2.43. The van der Waals surface area contributed by atoms with E-state index in [1.165, 1.54) is 6.92 Å². The van der Waals surface area contributed by atoms with Crippen LogP contribution in [0.2, 0.25) is 0 Å². The molecule has 0 saturated heterocycles. The highest BCUT2D eigenvalue weighted by Crippen LogP contribution is 2.03. The van der Waals surface area contributed by atoms with Crippen LogP contribution in [0.15, 0.2) is 30.3 Å². The number of imide groups is 1. The molecule has 2 amide bonds. The molecule has 0 unspecified atom stereocenters. The van der Waals surface area contributed by atoms with E-state index in [4.69, 9.17) is 5.84 Å². The molecule has 84 valence electrons. The Morgan fingerprint density at radius 2 is 1.75 bits per heavy atom. The van der Waals surface area contributed by atoms with Crippen molar-refractivity contribution in [3.05, 3.63) is 35.9 Å². The predicted octanol–water partition coefficient (Wildman–Crippen LogP) is 0.508. The quantitative estimate of drug-likeness (QED) is 0.348. The molecule has 0 aliphatic rings. The van der Waals surface area contributed by atoms with E-state index in [1.807, 2.05) is 0 Å². The average Bonchev–Trinajstić information content (AvgIpc) is 2.27. The summed E-state index contributed by atoms with van der Waals surface area (Å²) in [6.07, 6.45) is -0.366. The van der Waals surface area contributed by atoms with Crippen LogP contribution in [-0.2, 0) is 9.59 Å². The van der Waals surface area contributed by atoms with Gasteiger partial charge in [0.2, 0.25) is 0 Å². The molecule has 0 aliphatic heterocycles. The summed E-state index contributed by atoms with van der Waals surface area (Å²) in [5.74, 6) is 3.67. The molecule has 5 heteroatoms. The van der Waals surface area contributed by atoms with E-state index in [0.717, 1.165) is 0 Å². The third-order valence-electron chi connectivity index (χ3n) is 1.91. The molecular weight excluding hydrogens is 208 g/mol. The first-order valence-corrected chi connectivity index (χ1v) is 4.69. The van der Waals surface area contributed by atoms with Gasteiger partial charge in [-0.1, -0.05) is 18.2 Å². The van der Waals surface area contributed by atoms with E-state index in [-0.39, 0.29) is 12.2 Å². The number of nitrogens with zero attached hydrogens (tertiary/aromatic N) is 1. The fraction of sp³-hybridized carbons (Fsp3) is 0.182. The molecule has 0 saturated carbocycles. The molecule has 0 aromatic heterocycles. The summed E-state index contributed by atoms with van der Waals surface area (Å²) < 4.78 is 0. The van der Waals surface area contributed by atoms with Gasteiger partial charge in [0.15, 0.2) is 0 Å². The smallest absolute Gasteiger partial charge is 0.274 e. The van der Waals surface area contributed by atoms with Crippen molar-refractivity contribution in [1.29, 1.82) is 0 Å². The second kappa shape index (κ2) is 5.18. The Morgan fingerprint density at radius 1 is 1.19 bits per heavy atom. The molecule has 0 aliphatic carbocycles. The Hall–Kier alpha value is -2.01. The highest BCUT2D eigenvalue weighted by atomic mass is 16.2. The number of ketones is 1. The molecule has 0 spiro atoms. The van der Waals surface area contributed by atoms with Crippen LogP contribution in [0.4, 0.5) is 0 Å². The zero-order chi connectivity index (χ0) is 12.1. The molecule has 0 bridgehead atoms. The fourth-order valence-electron chi connectivity index (χ4n) is 1.13. The second-order valence-electron chi connectivity index (χ2n) is 3.31. The number of amides is 2. The zero-order valence-electron chi connectivity index (χ0n) is 8.84. The minimum absolute atomic E-state index is 0.307. The van der Waals surface area contributed by atoms with E-state index >= 15 is 0 Å². The number of benzene rings is 1. The van der Waals surface area contributed by atoms with Crippen LogP contribution >= 0.6 is 0 Å². The van der Waals surface area contributed by atoms with Gasteiger partial charge in [-0.25, -0.2) is 10.9 Å². The van der Waals surface area contributed by atoms with Crippen molar-refractivity contribution in [3.63, 3.8) is 0 Å². The van der Waals surface area contributed by atoms with Crippen LogP contribution in [0.3, 0.4) is 0 Å².